The minimum atomic E-state index is -0.614. The van der Waals surface area contributed by atoms with Gasteiger partial charge in [0, 0.05) is 64.2 Å². The zero-order valence-electron chi connectivity index (χ0n) is 33.2. The van der Waals surface area contributed by atoms with Crippen LogP contribution in [0.4, 0.5) is 8.78 Å². The maximum Gasteiger partial charge on any atom is 0.272 e. The van der Waals surface area contributed by atoms with Crippen molar-refractivity contribution in [3.05, 3.63) is 135 Å². The summed E-state index contributed by atoms with van der Waals surface area (Å²) in [5.74, 6) is -1.82. The van der Waals surface area contributed by atoms with Crippen molar-refractivity contribution in [2.24, 2.45) is 0 Å². The highest BCUT2D eigenvalue weighted by Crippen LogP contribution is 2.28. The van der Waals surface area contributed by atoms with Crippen LogP contribution in [0, 0.1) is 18.6 Å². The molecule has 3 fully saturated rings. The maximum atomic E-state index is 15.3. The van der Waals surface area contributed by atoms with Gasteiger partial charge in [-0.25, -0.2) is 13.9 Å². The number of piperazine rings is 1. The number of rotatable bonds is 9. The molecule has 8 rings (SSSR count). The van der Waals surface area contributed by atoms with Gasteiger partial charge in [-0.05, 0) is 79.1 Å². The fourth-order valence-electron chi connectivity index (χ4n) is 8.61. The number of likely N-dealkylation sites (tertiary alicyclic amines) is 2. The molecule has 0 bridgehead atoms. The van der Waals surface area contributed by atoms with E-state index in [2.05, 4.69) is 15.1 Å². The third-order valence-electron chi connectivity index (χ3n) is 11.9. The number of aromatic nitrogens is 2. The fourth-order valence-corrected chi connectivity index (χ4v) is 8.61. The van der Waals surface area contributed by atoms with Gasteiger partial charge in [-0.1, -0.05) is 60.7 Å². The van der Waals surface area contributed by atoms with Crippen molar-refractivity contribution in [2.75, 3.05) is 58.9 Å². The highest BCUT2D eigenvalue weighted by atomic mass is 19.1. The molecule has 0 radical (unpaired) electrons. The van der Waals surface area contributed by atoms with Crippen LogP contribution >= 0.6 is 0 Å². The van der Waals surface area contributed by atoms with Gasteiger partial charge in [0.05, 0.1) is 41.0 Å². The van der Waals surface area contributed by atoms with Crippen molar-refractivity contribution in [1.29, 1.82) is 0 Å². The van der Waals surface area contributed by atoms with Gasteiger partial charge in [0.15, 0.2) is 0 Å². The van der Waals surface area contributed by atoms with Crippen molar-refractivity contribution in [2.45, 2.75) is 51.2 Å². The highest BCUT2D eigenvalue weighted by molar-refractivity contribution is 5.97. The van der Waals surface area contributed by atoms with E-state index >= 15 is 8.78 Å². The quantitative estimate of drug-likeness (QED) is 0.199. The van der Waals surface area contributed by atoms with E-state index in [9.17, 15) is 19.2 Å². The molecule has 11 nitrogen and oxygen atoms in total. The van der Waals surface area contributed by atoms with Crippen LogP contribution in [0.1, 0.15) is 63.2 Å². The highest BCUT2D eigenvalue weighted by Gasteiger charge is 2.32. The predicted molar refractivity (Wildman–Crippen MR) is 220 cm³/mol. The average Bonchev–Trinajstić information content (AvgIpc) is 3.26. The first kappa shape index (κ1) is 40.0. The van der Waals surface area contributed by atoms with E-state index < -0.39 is 17.5 Å². The van der Waals surface area contributed by atoms with Gasteiger partial charge in [0.25, 0.3) is 17.4 Å². The zero-order valence-corrected chi connectivity index (χ0v) is 33.2. The third-order valence-corrected chi connectivity index (χ3v) is 11.9. The predicted octanol–water partition coefficient (Wildman–Crippen LogP) is 5.84. The molecule has 0 aliphatic carbocycles. The number of hydrogen-bond donors (Lipinski definition) is 1. The standard InChI is InChI=1S/C46H48F2N6O5/c1-30-25-33(32-7-3-2-4-8-32)28-40(48)43(30)46(58)53-19-15-35(16-20-53)59-34-13-17-51(18-14-34)29-42(55)52-21-23-54(24-22-52)45(57)38-26-31(11-12-39(38)47)27-41-36-9-5-6-10-37(36)44(56)50-49-41/h2-12,25-26,28,34-35H,13-24,27,29H2,1H3,(H,50,56). The van der Waals surface area contributed by atoms with Gasteiger partial charge >= 0.3 is 0 Å². The largest absolute Gasteiger partial charge is 0.375 e. The summed E-state index contributed by atoms with van der Waals surface area (Å²) >= 11 is 0. The Hall–Kier alpha value is -5.79. The zero-order chi connectivity index (χ0) is 41.0. The van der Waals surface area contributed by atoms with E-state index in [0.717, 1.165) is 37.1 Å². The molecule has 3 aliphatic heterocycles. The van der Waals surface area contributed by atoms with E-state index in [4.69, 9.17) is 4.74 Å². The number of piperidine rings is 2. The Bertz CT molecular complexity index is 2380. The molecule has 1 aromatic heterocycles. The van der Waals surface area contributed by atoms with E-state index in [1.807, 2.05) is 48.5 Å². The molecule has 0 atom stereocenters. The van der Waals surface area contributed by atoms with Crippen LogP contribution in [0.3, 0.4) is 0 Å². The van der Waals surface area contributed by atoms with Gasteiger partial charge < -0.3 is 19.4 Å². The van der Waals surface area contributed by atoms with E-state index in [-0.39, 0.29) is 47.3 Å². The number of halogens is 2. The molecular weight excluding hydrogens is 755 g/mol. The van der Waals surface area contributed by atoms with E-state index in [0.29, 0.717) is 86.1 Å². The number of aryl methyl sites for hydroxylation is 1. The normalized spacial score (nSPS) is 17.1. The van der Waals surface area contributed by atoms with E-state index in [1.54, 1.807) is 45.9 Å². The minimum absolute atomic E-state index is 0.00342. The van der Waals surface area contributed by atoms with Crippen molar-refractivity contribution >= 4 is 28.5 Å². The molecule has 306 valence electrons. The Morgan fingerprint density at radius 3 is 2.02 bits per heavy atom. The second-order valence-electron chi connectivity index (χ2n) is 15.8. The summed E-state index contributed by atoms with van der Waals surface area (Å²) in [5.41, 5.74) is 3.40. The summed E-state index contributed by atoms with van der Waals surface area (Å²) in [4.78, 5) is 59.7. The summed E-state index contributed by atoms with van der Waals surface area (Å²) in [7, 11) is 0. The number of ether oxygens (including phenoxy) is 1. The molecule has 5 aromatic rings. The first-order chi connectivity index (χ1) is 28.6. The summed E-state index contributed by atoms with van der Waals surface area (Å²) in [6.07, 6.45) is 3.36. The molecule has 3 aliphatic rings. The molecule has 0 unspecified atom stereocenters. The van der Waals surface area contributed by atoms with Crippen LogP contribution in [0.2, 0.25) is 0 Å². The number of fused-ring (bicyclic) bond motifs is 1. The number of hydrogen-bond acceptors (Lipinski definition) is 7. The van der Waals surface area contributed by atoms with Gasteiger partial charge in [-0.15, -0.1) is 0 Å². The number of amides is 3. The molecule has 4 aromatic carbocycles. The summed E-state index contributed by atoms with van der Waals surface area (Å²) < 4.78 is 36.8. The number of carbonyl (C=O) groups is 3. The number of nitrogens with zero attached hydrogens (tertiary/aromatic N) is 5. The number of benzene rings is 4. The molecule has 4 heterocycles. The SMILES string of the molecule is Cc1cc(-c2ccccc2)cc(F)c1C(=O)N1CCC(OC2CCN(CC(=O)N3CCN(C(=O)c4cc(Cc5n[nH]c(=O)c6ccccc56)ccc4F)CC3)CC2)CC1. The van der Waals surface area contributed by atoms with Crippen LogP contribution in [0.25, 0.3) is 21.9 Å². The lowest BCUT2D eigenvalue weighted by atomic mass is 9.97. The average molecular weight is 803 g/mol. The van der Waals surface area contributed by atoms with Gasteiger partial charge in [0.1, 0.15) is 11.6 Å². The number of nitrogens with one attached hydrogen (secondary N) is 1. The monoisotopic (exact) mass is 802 g/mol. The number of H-pyrrole nitrogens is 1. The third kappa shape index (κ3) is 8.96. The second-order valence-corrected chi connectivity index (χ2v) is 15.8. The first-order valence-electron chi connectivity index (χ1n) is 20.5. The van der Waals surface area contributed by atoms with Crippen LogP contribution < -0.4 is 5.56 Å². The van der Waals surface area contributed by atoms with Crippen molar-refractivity contribution in [3.8, 4) is 11.1 Å². The van der Waals surface area contributed by atoms with Crippen molar-refractivity contribution in [1.82, 2.24) is 29.8 Å². The minimum Gasteiger partial charge on any atom is -0.375 e. The van der Waals surface area contributed by atoms with Crippen molar-refractivity contribution in [3.63, 3.8) is 0 Å². The lowest BCUT2D eigenvalue weighted by molar-refractivity contribution is -0.135. The molecule has 3 saturated heterocycles. The fraction of sp³-hybridized carbons (Fsp3) is 0.370. The Kier molecular flexibility index (Phi) is 11.9. The molecule has 0 spiro atoms. The molecule has 1 N–H and O–H groups in total. The first-order valence-corrected chi connectivity index (χ1v) is 20.5. The Balaban J connectivity index is 0.765. The summed E-state index contributed by atoms with van der Waals surface area (Å²) in [6, 6.07) is 24.5. The van der Waals surface area contributed by atoms with Crippen molar-refractivity contribution < 1.29 is 27.9 Å². The second kappa shape index (κ2) is 17.6. The van der Waals surface area contributed by atoms with Crippen LogP contribution in [-0.2, 0) is 16.0 Å². The molecule has 3 amide bonds. The number of aromatic amines is 1. The van der Waals surface area contributed by atoms with Gasteiger partial charge in [0.2, 0.25) is 5.91 Å². The molecular formula is C46H48F2N6O5. The number of carbonyl (C=O) groups excluding carboxylic acids is 3. The lowest BCUT2D eigenvalue weighted by Crippen LogP contribution is -2.53. The molecule has 13 heteroatoms. The Labute approximate surface area is 341 Å². The summed E-state index contributed by atoms with van der Waals surface area (Å²) in [5, 5.41) is 7.95. The van der Waals surface area contributed by atoms with Gasteiger partial charge in [-0.2, -0.15) is 5.10 Å². The maximum absolute atomic E-state index is 15.3. The van der Waals surface area contributed by atoms with E-state index in [1.165, 1.54) is 12.1 Å². The molecule has 0 saturated carbocycles. The van der Waals surface area contributed by atoms with Gasteiger partial charge in [-0.3, -0.25) is 24.1 Å². The van der Waals surface area contributed by atoms with Crippen LogP contribution in [-0.4, -0.2) is 119 Å². The Morgan fingerprint density at radius 1 is 0.695 bits per heavy atom. The topological polar surface area (TPSA) is 119 Å². The Morgan fingerprint density at radius 2 is 1.32 bits per heavy atom. The molecule has 59 heavy (non-hydrogen) atoms. The van der Waals surface area contributed by atoms with Crippen LogP contribution in [0.5, 0.6) is 0 Å². The van der Waals surface area contributed by atoms with Crippen LogP contribution in [0.15, 0.2) is 89.7 Å². The summed E-state index contributed by atoms with van der Waals surface area (Å²) in [6.45, 7) is 5.86. The lowest BCUT2D eigenvalue weighted by Gasteiger charge is -2.38. The smallest absolute Gasteiger partial charge is 0.272 e.